The summed E-state index contributed by atoms with van der Waals surface area (Å²) in [4.78, 5) is 39.2. The minimum Gasteiger partial charge on any atom is -0.337 e. The van der Waals surface area contributed by atoms with E-state index in [9.17, 15) is 18.8 Å². The maximum absolute atomic E-state index is 14.3. The number of carbonyl (C=O) groups excluding carboxylic acids is 3. The van der Waals surface area contributed by atoms with E-state index in [1.54, 1.807) is 35.7 Å². The van der Waals surface area contributed by atoms with E-state index in [0.29, 0.717) is 22.2 Å². The largest absolute Gasteiger partial charge is 0.337 e. The fourth-order valence-corrected chi connectivity index (χ4v) is 3.35. The van der Waals surface area contributed by atoms with Crippen LogP contribution >= 0.6 is 11.3 Å². The number of rotatable bonds is 7. The second-order valence-corrected chi connectivity index (χ2v) is 7.32. The molecular weight excluding hydrogens is 421 g/mol. The summed E-state index contributed by atoms with van der Waals surface area (Å²) in [6.45, 7) is 1.48. The minimum absolute atomic E-state index is 0.0525. The topological polar surface area (TPSA) is 112 Å². The highest BCUT2D eigenvalue weighted by Gasteiger charge is 2.12. The van der Waals surface area contributed by atoms with Crippen LogP contribution in [-0.2, 0) is 9.59 Å². The number of benzene rings is 2. The van der Waals surface area contributed by atoms with E-state index in [1.165, 1.54) is 19.1 Å². The number of nitrogens with one attached hydrogen (secondary N) is 4. The van der Waals surface area contributed by atoms with E-state index in [0.717, 1.165) is 11.3 Å². The molecule has 0 unspecified atom stereocenters. The lowest BCUT2D eigenvalue weighted by Gasteiger charge is -2.07. The van der Waals surface area contributed by atoms with Crippen molar-refractivity contribution >= 4 is 45.7 Å². The number of hydrogen-bond donors (Lipinski definition) is 4. The zero-order chi connectivity index (χ0) is 22.2. The number of halogens is 1. The van der Waals surface area contributed by atoms with Crippen molar-refractivity contribution in [1.29, 1.82) is 0 Å². The molecule has 1 heterocycles. The quantitative estimate of drug-likeness (QED) is 0.443. The normalized spacial score (nSPS) is 10.3. The first-order valence-corrected chi connectivity index (χ1v) is 10.2. The van der Waals surface area contributed by atoms with Crippen LogP contribution in [0.25, 0.3) is 11.3 Å². The molecule has 8 nitrogen and oxygen atoms in total. The van der Waals surface area contributed by atoms with E-state index in [4.69, 9.17) is 0 Å². The predicted octanol–water partition coefficient (Wildman–Crippen LogP) is 4.06. The minimum atomic E-state index is -0.539. The fraction of sp³-hybridized carbons (Fsp3) is 0.143. The lowest BCUT2D eigenvalue weighted by molar-refractivity contribution is -0.116. The van der Waals surface area contributed by atoms with Gasteiger partial charge in [-0.1, -0.05) is 18.2 Å². The Morgan fingerprint density at radius 2 is 1.77 bits per heavy atom. The van der Waals surface area contributed by atoms with Crippen LogP contribution in [0.5, 0.6) is 0 Å². The number of thiazole rings is 1. The number of aromatic nitrogens is 1. The molecule has 0 saturated heterocycles. The first kappa shape index (κ1) is 21.9. The molecule has 0 saturated carbocycles. The van der Waals surface area contributed by atoms with Gasteiger partial charge in [-0.15, -0.1) is 11.3 Å². The fourth-order valence-electron chi connectivity index (χ4n) is 2.63. The van der Waals surface area contributed by atoms with Crippen molar-refractivity contribution < 1.29 is 18.8 Å². The third-order valence-corrected chi connectivity index (χ3v) is 4.74. The molecule has 31 heavy (non-hydrogen) atoms. The molecule has 10 heteroatoms. The van der Waals surface area contributed by atoms with Crippen LogP contribution in [0, 0.1) is 5.82 Å². The zero-order valence-corrected chi connectivity index (χ0v) is 17.4. The number of anilines is 3. The molecule has 3 aromatic rings. The van der Waals surface area contributed by atoms with E-state index in [1.807, 2.05) is 6.07 Å². The van der Waals surface area contributed by atoms with Gasteiger partial charge in [-0.05, 0) is 30.3 Å². The molecule has 160 valence electrons. The Morgan fingerprint density at radius 3 is 2.48 bits per heavy atom. The average molecular weight is 441 g/mol. The van der Waals surface area contributed by atoms with Gasteiger partial charge in [0.2, 0.25) is 11.8 Å². The Labute approximate surface area is 181 Å². The van der Waals surface area contributed by atoms with Crippen LogP contribution in [0.3, 0.4) is 0 Å². The van der Waals surface area contributed by atoms with E-state index in [-0.39, 0.29) is 30.3 Å². The van der Waals surface area contributed by atoms with Gasteiger partial charge in [0.25, 0.3) is 0 Å². The Bertz CT molecular complexity index is 1090. The summed E-state index contributed by atoms with van der Waals surface area (Å²) in [7, 11) is 0. The van der Waals surface area contributed by atoms with E-state index < -0.39 is 11.8 Å². The van der Waals surface area contributed by atoms with Gasteiger partial charge in [0, 0.05) is 42.2 Å². The molecule has 1 aromatic heterocycles. The predicted molar refractivity (Wildman–Crippen MR) is 119 cm³/mol. The van der Waals surface area contributed by atoms with Gasteiger partial charge >= 0.3 is 6.03 Å². The summed E-state index contributed by atoms with van der Waals surface area (Å²) in [6.07, 6.45) is 0.0525. The molecule has 0 radical (unpaired) electrons. The lowest BCUT2D eigenvalue weighted by atomic mass is 10.1. The molecule has 0 aliphatic carbocycles. The van der Waals surface area contributed by atoms with Crippen molar-refractivity contribution in [3.63, 3.8) is 0 Å². The molecule has 0 bridgehead atoms. The Kier molecular flexibility index (Phi) is 7.28. The maximum atomic E-state index is 14.3. The van der Waals surface area contributed by atoms with Crippen molar-refractivity contribution in [2.75, 3.05) is 22.5 Å². The highest BCUT2D eigenvalue weighted by atomic mass is 32.1. The van der Waals surface area contributed by atoms with Gasteiger partial charge in [-0.25, -0.2) is 14.2 Å². The highest BCUT2D eigenvalue weighted by Crippen LogP contribution is 2.28. The second-order valence-electron chi connectivity index (χ2n) is 6.46. The summed E-state index contributed by atoms with van der Waals surface area (Å²) in [5, 5.41) is 12.3. The van der Waals surface area contributed by atoms with Crippen LogP contribution in [0.1, 0.15) is 13.3 Å². The first-order chi connectivity index (χ1) is 14.9. The van der Waals surface area contributed by atoms with Crippen LogP contribution < -0.4 is 21.3 Å². The molecule has 0 spiro atoms. The summed E-state index contributed by atoms with van der Waals surface area (Å²) >= 11 is 1.16. The number of hydrogen-bond acceptors (Lipinski definition) is 5. The highest BCUT2D eigenvalue weighted by molar-refractivity contribution is 7.14. The summed E-state index contributed by atoms with van der Waals surface area (Å²) < 4.78 is 14.3. The standard InChI is InChI=1S/C21H20FN5O3S/c1-13(28)24-15-7-8-16(17(22)11-15)18-12-31-21(26-18)27-19(29)9-10-23-20(30)25-14-5-3-2-4-6-14/h2-8,11-12H,9-10H2,1H3,(H,24,28)(H2,23,25,30)(H,26,27,29). The number of para-hydroxylation sites is 1. The van der Waals surface area contributed by atoms with Gasteiger partial charge in [-0.2, -0.15) is 0 Å². The number of carbonyl (C=O) groups is 3. The van der Waals surface area contributed by atoms with Gasteiger partial charge in [0.1, 0.15) is 5.82 Å². The van der Waals surface area contributed by atoms with Gasteiger partial charge < -0.3 is 21.3 Å². The van der Waals surface area contributed by atoms with Crippen molar-refractivity contribution in [1.82, 2.24) is 10.3 Å². The third-order valence-electron chi connectivity index (χ3n) is 3.99. The van der Waals surface area contributed by atoms with Crippen LogP contribution in [0.15, 0.2) is 53.9 Å². The zero-order valence-electron chi connectivity index (χ0n) is 16.6. The molecule has 2 aromatic carbocycles. The molecule has 0 atom stereocenters. The van der Waals surface area contributed by atoms with Crippen LogP contribution in [-0.4, -0.2) is 29.4 Å². The molecule has 0 aliphatic heterocycles. The summed E-state index contributed by atoms with van der Waals surface area (Å²) in [5.41, 5.74) is 1.62. The molecule has 4 amide bonds. The lowest BCUT2D eigenvalue weighted by Crippen LogP contribution is -2.31. The Hall–Kier alpha value is -3.79. The van der Waals surface area contributed by atoms with Crippen molar-refractivity contribution in [2.45, 2.75) is 13.3 Å². The number of urea groups is 1. The Balaban J connectivity index is 1.48. The third kappa shape index (κ3) is 6.61. The SMILES string of the molecule is CC(=O)Nc1ccc(-c2csc(NC(=O)CCNC(=O)Nc3ccccc3)n2)c(F)c1. The number of nitrogens with zero attached hydrogens (tertiary/aromatic N) is 1. The summed E-state index contributed by atoms with van der Waals surface area (Å²) in [6, 6.07) is 12.8. The Morgan fingerprint density at radius 1 is 1.00 bits per heavy atom. The smallest absolute Gasteiger partial charge is 0.319 e. The van der Waals surface area contributed by atoms with Crippen molar-refractivity contribution in [2.24, 2.45) is 0 Å². The molecule has 0 fully saturated rings. The van der Waals surface area contributed by atoms with Crippen molar-refractivity contribution in [3.8, 4) is 11.3 Å². The number of amides is 4. The molecule has 0 aliphatic rings. The molecular formula is C21H20FN5O3S. The van der Waals surface area contributed by atoms with Crippen LogP contribution in [0.4, 0.5) is 25.7 Å². The van der Waals surface area contributed by atoms with Crippen LogP contribution in [0.2, 0.25) is 0 Å². The van der Waals surface area contributed by atoms with Crippen molar-refractivity contribution in [3.05, 3.63) is 59.7 Å². The van der Waals surface area contributed by atoms with E-state index >= 15 is 0 Å². The molecule has 3 rings (SSSR count). The van der Waals surface area contributed by atoms with Gasteiger partial charge in [0.05, 0.1) is 5.69 Å². The van der Waals surface area contributed by atoms with Gasteiger partial charge in [0.15, 0.2) is 5.13 Å². The average Bonchev–Trinajstić information content (AvgIpc) is 3.16. The monoisotopic (exact) mass is 441 g/mol. The van der Waals surface area contributed by atoms with E-state index in [2.05, 4.69) is 26.3 Å². The van der Waals surface area contributed by atoms with Gasteiger partial charge in [-0.3, -0.25) is 9.59 Å². The first-order valence-electron chi connectivity index (χ1n) is 9.33. The summed E-state index contributed by atoms with van der Waals surface area (Å²) in [5.74, 6) is -1.16. The maximum Gasteiger partial charge on any atom is 0.319 e. The molecule has 4 N–H and O–H groups in total. The second kappa shape index (κ2) is 10.3.